The van der Waals surface area contributed by atoms with Crippen LogP contribution in [-0.2, 0) is 14.2 Å². The Morgan fingerprint density at radius 1 is 1.11 bits per heavy atom. The number of hydrogen-bond acceptors (Lipinski definition) is 5. The summed E-state index contributed by atoms with van der Waals surface area (Å²) in [5, 5.41) is 3.37. The average Bonchev–Trinajstić information content (AvgIpc) is 2.45. The van der Waals surface area contributed by atoms with E-state index in [2.05, 4.69) is 10.2 Å². The van der Waals surface area contributed by atoms with Gasteiger partial charge in [0.05, 0.1) is 25.9 Å². The highest BCUT2D eigenvalue weighted by molar-refractivity contribution is 4.69. The zero-order chi connectivity index (χ0) is 13.8. The minimum Gasteiger partial charge on any atom is -0.380 e. The summed E-state index contributed by atoms with van der Waals surface area (Å²) in [4.78, 5) is 2.41. The van der Waals surface area contributed by atoms with Gasteiger partial charge in [0.15, 0.2) is 0 Å². The Balaban J connectivity index is 2.17. The van der Waals surface area contributed by atoms with Gasteiger partial charge < -0.3 is 19.5 Å². The molecule has 0 aliphatic carbocycles. The van der Waals surface area contributed by atoms with E-state index in [9.17, 15) is 0 Å². The van der Waals surface area contributed by atoms with Crippen LogP contribution in [0.3, 0.4) is 0 Å². The number of morpholine rings is 1. The van der Waals surface area contributed by atoms with Gasteiger partial charge in [-0.25, -0.2) is 0 Å². The maximum atomic E-state index is 5.73. The first-order valence-electron chi connectivity index (χ1n) is 7.57. The van der Waals surface area contributed by atoms with Crippen LogP contribution in [0.1, 0.15) is 20.3 Å². The van der Waals surface area contributed by atoms with E-state index in [1.807, 2.05) is 13.8 Å². The zero-order valence-electron chi connectivity index (χ0n) is 12.5. The molecule has 1 atom stereocenters. The average molecular weight is 274 g/mol. The molecule has 0 spiro atoms. The topological polar surface area (TPSA) is 43.0 Å². The van der Waals surface area contributed by atoms with E-state index in [4.69, 9.17) is 14.2 Å². The van der Waals surface area contributed by atoms with Crippen molar-refractivity contribution in [1.82, 2.24) is 10.2 Å². The first-order valence-corrected chi connectivity index (χ1v) is 7.57. The standard InChI is InChI=1S/C14H30N2O3/c1-3-17-11-8-16(9-12-18-4-2)7-5-14-13-15-6-10-19-14/h14-15H,3-13H2,1-2H3. The Bertz CT molecular complexity index is 189. The first kappa shape index (κ1) is 16.9. The highest BCUT2D eigenvalue weighted by atomic mass is 16.5. The van der Waals surface area contributed by atoms with Gasteiger partial charge in [0.1, 0.15) is 0 Å². The fraction of sp³-hybridized carbons (Fsp3) is 1.00. The van der Waals surface area contributed by atoms with Gasteiger partial charge in [-0.15, -0.1) is 0 Å². The van der Waals surface area contributed by atoms with Crippen LogP contribution < -0.4 is 5.32 Å². The molecule has 0 radical (unpaired) electrons. The summed E-state index contributed by atoms with van der Waals surface area (Å²) in [6, 6.07) is 0. The van der Waals surface area contributed by atoms with Crippen molar-refractivity contribution in [3.05, 3.63) is 0 Å². The van der Waals surface area contributed by atoms with Crippen molar-refractivity contribution in [2.24, 2.45) is 0 Å². The summed E-state index contributed by atoms with van der Waals surface area (Å²) in [5.74, 6) is 0. The third-order valence-corrected chi connectivity index (χ3v) is 3.28. The Kier molecular flexibility index (Phi) is 10.3. The normalized spacial score (nSPS) is 20.1. The second-order valence-electron chi connectivity index (χ2n) is 4.72. The summed E-state index contributed by atoms with van der Waals surface area (Å²) in [7, 11) is 0. The lowest BCUT2D eigenvalue weighted by Gasteiger charge is -2.27. The number of hydrogen-bond donors (Lipinski definition) is 1. The van der Waals surface area contributed by atoms with E-state index in [0.29, 0.717) is 6.10 Å². The molecule has 0 amide bonds. The summed E-state index contributed by atoms with van der Waals surface area (Å²) >= 11 is 0. The number of ether oxygens (including phenoxy) is 3. The SMILES string of the molecule is CCOCCN(CCOCC)CCC1CNCCO1. The lowest BCUT2D eigenvalue weighted by atomic mass is 10.2. The minimum absolute atomic E-state index is 0.357. The number of nitrogens with one attached hydrogen (secondary N) is 1. The predicted molar refractivity (Wildman–Crippen MR) is 76.7 cm³/mol. The van der Waals surface area contributed by atoms with Crippen molar-refractivity contribution in [3.63, 3.8) is 0 Å². The highest BCUT2D eigenvalue weighted by Gasteiger charge is 2.15. The number of rotatable bonds is 11. The molecule has 19 heavy (non-hydrogen) atoms. The molecule has 5 heteroatoms. The largest absolute Gasteiger partial charge is 0.380 e. The fourth-order valence-electron chi connectivity index (χ4n) is 2.14. The zero-order valence-corrected chi connectivity index (χ0v) is 12.5. The molecule has 0 bridgehead atoms. The van der Waals surface area contributed by atoms with Crippen molar-refractivity contribution in [3.8, 4) is 0 Å². The molecule has 114 valence electrons. The van der Waals surface area contributed by atoms with Crippen LogP contribution in [0.15, 0.2) is 0 Å². The molecule has 1 unspecified atom stereocenters. The summed E-state index contributed by atoms with van der Waals surface area (Å²) < 4.78 is 16.6. The van der Waals surface area contributed by atoms with Crippen molar-refractivity contribution in [2.45, 2.75) is 26.4 Å². The third-order valence-electron chi connectivity index (χ3n) is 3.28. The van der Waals surface area contributed by atoms with E-state index in [0.717, 1.165) is 72.2 Å². The van der Waals surface area contributed by atoms with Gasteiger partial charge in [-0.1, -0.05) is 0 Å². The van der Waals surface area contributed by atoms with Gasteiger partial charge in [-0.2, -0.15) is 0 Å². The molecule has 1 heterocycles. The van der Waals surface area contributed by atoms with Crippen LogP contribution in [0.4, 0.5) is 0 Å². The van der Waals surface area contributed by atoms with E-state index >= 15 is 0 Å². The van der Waals surface area contributed by atoms with Crippen LogP contribution in [-0.4, -0.2) is 76.8 Å². The van der Waals surface area contributed by atoms with E-state index in [1.165, 1.54) is 0 Å². The summed E-state index contributed by atoms with van der Waals surface area (Å²) in [6.45, 7) is 13.0. The molecule has 5 nitrogen and oxygen atoms in total. The Hall–Kier alpha value is -0.200. The van der Waals surface area contributed by atoms with Crippen molar-refractivity contribution >= 4 is 0 Å². The van der Waals surface area contributed by atoms with Gasteiger partial charge in [0, 0.05) is 45.9 Å². The minimum atomic E-state index is 0.357. The Morgan fingerprint density at radius 2 is 1.79 bits per heavy atom. The van der Waals surface area contributed by atoms with Gasteiger partial charge >= 0.3 is 0 Å². The maximum absolute atomic E-state index is 5.73. The van der Waals surface area contributed by atoms with Gasteiger partial charge in [0.25, 0.3) is 0 Å². The van der Waals surface area contributed by atoms with E-state index in [-0.39, 0.29) is 0 Å². The molecular weight excluding hydrogens is 244 g/mol. The second-order valence-corrected chi connectivity index (χ2v) is 4.72. The highest BCUT2D eigenvalue weighted by Crippen LogP contribution is 2.03. The van der Waals surface area contributed by atoms with Crippen LogP contribution in [0.25, 0.3) is 0 Å². The van der Waals surface area contributed by atoms with Crippen molar-refractivity contribution < 1.29 is 14.2 Å². The second kappa shape index (κ2) is 11.6. The molecular formula is C14H30N2O3. The summed E-state index contributed by atoms with van der Waals surface area (Å²) in [6.07, 6.45) is 1.43. The molecule has 1 rings (SSSR count). The molecule has 0 saturated carbocycles. The monoisotopic (exact) mass is 274 g/mol. The summed E-state index contributed by atoms with van der Waals surface area (Å²) in [5.41, 5.74) is 0. The Labute approximate surface area is 117 Å². The van der Waals surface area contributed by atoms with Crippen LogP contribution in [0.2, 0.25) is 0 Å². The third kappa shape index (κ3) is 8.55. The molecule has 1 N–H and O–H groups in total. The van der Waals surface area contributed by atoms with Crippen LogP contribution in [0.5, 0.6) is 0 Å². The first-order chi connectivity index (χ1) is 9.36. The quantitative estimate of drug-likeness (QED) is 0.563. The molecule has 1 aliphatic heterocycles. The fourth-order valence-corrected chi connectivity index (χ4v) is 2.14. The number of nitrogens with zero attached hydrogens (tertiary/aromatic N) is 1. The molecule has 0 aromatic heterocycles. The molecule has 0 aromatic rings. The molecule has 1 fully saturated rings. The van der Waals surface area contributed by atoms with E-state index < -0.39 is 0 Å². The molecule has 1 aliphatic rings. The van der Waals surface area contributed by atoms with Crippen molar-refractivity contribution in [2.75, 3.05) is 65.8 Å². The van der Waals surface area contributed by atoms with Crippen LogP contribution in [0, 0.1) is 0 Å². The van der Waals surface area contributed by atoms with Crippen molar-refractivity contribution in [1.29, 1.82) is 0 Å². The molecule has 1 saturated heterocycles. The molecule has 0 aromatic carbocycles. The van der Waals surface area contributed by atoms with Gasteiger partial charge in [-0.3, -0.25) is 4.90 Å². The van der Waals surface area contributed by atoms with Gasteiger partial charge in [0.2, 0.25) is 0 Å². The maximum Gasteiger partial charge on any atom is 0.0712 e. The van der Waals surface area contributed by atoms with E-state index in [1.54, 1.807) is 0 Å². The lowest BCUT2D eigenvalue weighted by molar-refractivity contribution is 0.0124. The smallest absolute Gasteiger partial charge is 0.0712 e. The lowest BCUT2D eigenvalue weighted by Crippen LogP contribution is -2.41. The van der Waals surface area contributed by atoms with Crippen LogP contribution >= 0.6 is 0 Å². The predicted octanol–water partition coefficient (Wildman–Crippen LogP) is 0.740. The van der Waals surface area contributed by atoms with Gasteiger partial charge in [-0.05, 0) is 20.3 Å². The Morgan fingerprint density at radius 3 is 2.32 bits per heavy atom.